The Balaban J connectivity index is 2.45. The molecule has 22 nitrogen and oxygen atoms in total. The van der Waals surface area contributed by atoms with Crippen molar-refractivity contribution in [2.75, 3.05) is 13.2 Å². The van der Waals surface area contributed by atoms with Crippen LogP contribution >= 0.6 is 46.4 Å². The first-order valence-corrected chi connectivity index (χ1v) is 27.7. The molecule has 1 saturated carbocycles. The summed E-state index contributed by atoms with van der Waals surface area (Å²) in [6.45, 7) is 4.69. The number of hydrogen-bond donors (Lipinski definition) is 8. The van der Waals surface area contributed by atoms with E-state index in [1.54, 1.807) is 28.8 Å². The van der Waals surface area contributed by atoms with Gasteiger partial charge in [-0.15, -0.1) is 0 Å². The summed E-state index contributed by atoms with van der Waals surface area (Å²) in [6.07, 6.45) is -24.3. The topological polar surface area (TPSA) is 304 Å². The fourth-order valence-electron chi connectivity index (χ4n) is 7.62. The Hall–Kier alpha value is -5.95. The van der Waals surface area contributed by atoms with Gasteiger partial charge in [0, 0.05) is 23.6 Å². The highest BCUT2D eigenvalue weighted by molar-refractivity contribution is 6.67. The van der Waals surface area contributed by atoms with E-state index in [0.29, 0.717) is 18.4 Å². The fraction of sp³-hybridized carbons (Fsp3) is 0.680. The van der Waals surface area contributed by atoms with Gasteiger partial charge in [0.2, 0.25) is 39.2 Å². The summed E-state index contributed by atoms with van der Waals surface area (Å²) in [5.74, 6) is -12.3. The lowest BCUT2D eigenvalue weighted by Crippen LogP contribution is -2.60. The van der Waals surface area contributed by atoms with E-state index in [-0.39, 0.29) is 31.0 Å². The Kier molecular flexibility index (Phi) is 30.4. The number of nitrogens with one attached hydrogen (secondary N) is 8. The number of esters is 2. The van der Waals surface area contributed by atoms with Gasteiger partial charge in [0.15, 0.2) is 0 Å². The summed E-state index contributed by atoms with van der Waals surface area (Å²) in [4.78, 5) is 132. The summed E-state index contributed by atoms with van der Waals surface area (Å²) < 4.78 is 144. The minimum absolute atomic E-state index is 0.103. The second-order valence-corrected chi connectivity index (χ2v) is 23.4. The van der Waals surface area contributed by atoms with Crippen LogP contribution in [0, 0.1) is 0 Å². The summed E-state index contributed by atoms with van der Waals surface area (Å²) in [6, 6.07) is -9.67. The molecule has 0 unspecified atom stereocenters. The summed E-state index contributed by atoms with van der Waals surface area (Å²) in [5.41, 5.74) is -0.782. The predicted octanol–water partition coefficient (Wildman–Crippen LogP) is 7.01. The van der Waals surface area contributed by atoms with Crippen LogP contribution in [0.25, 0.3) is 0 Å². The van der Waals surface area contributed by atoms with E-state index < -0.39 is 181 Å². The van der Waals surface area contributed by atoms with E-state index in [1.807, 2.05) is 16.0 Å². The summed E-state index contributed by atoms with van der Waals surface area (Å²) in [7, 11) is 0. The van der Waals surface area contributed by atoms with Crippen LogP contribution in [0.5, 0.6) is 0 Å². The average molecular weight is 1320 g/mol. The Morgan fingerprint density at radius 3 is 1.53 bits per heavy atom. The third-order valence-corrected chi connectivity index (χ3v) is 12.4. The molecule has 35 heteroatoms. The Morgan fingerprint density at radius 2 is 1.02 bits per heavy atom. The summed E-state index contributed by atoms with van der Waals surface area (Å²) >= 11 is 22.6. The lowest BCUT2D eigenvalue weighted by molar-refractivity contribution is -0.157. The van der Waals surface area contributed by atoms with Crippen LogP contribution in [0.4, 0.5) is 49.1 Å². The monoisotopic (exact) mass is 1310 g/mol. The number of carbonyl (C=O) groups excluding carboxylic acids is 10. The smallest absolute Gasteiger partial charge is 0.408 e. The molecule has 1 fully saturated rings. The lowest BCUT2D eigenvalue weighted by Gasteiger charge is -2.28. The molecule has 0 aliphatic heterocycles. The van der Waals surface area contributed by atoms with Crippen LogP contribution in [0.3, 0.4) is 0 Å². The van der Waals surface area contributed by atoms with Gasteiger partial charge in [0.05, 0.1) is 19.3 Å². The maximum atomic E-state index is 14.2. The Labute approximate surface area is 502 Å². The molecule has 1 aliphatic carbocycles. The molecule has 8 N–H and O–H groups in total. The van der Waals surface area contributed by atoms with E-state index in [1.165, 1.54) is 32.2 Å². The van der Waals surface area contributed by atoms with Gasteiger partial charge in [-0.25, -0.2) is 14.4 Å². The van der Waals surface area contributed by atoms with Gasteiger partial charge in [-0.3, -0.25) is 33.6 Å². The van der Waals surface area contributed by atoms with Gasteiger partial charge in [-0.2, -0.15) is 39.5 Å². The van der Waals surface area contributed by atoms with Crippen molar-refractivity contribution in [2.45, 2.75) is 201 Å². The van der Waals surface area contributed by atoms with Crippen LogP contribution in [0.15, 0.2) is 24.3 Å². The minimum Gasteiger partial charge on any atom is -0.462 e. The largest absolute Gasteiger partial charge is 0.462 e. The van der Waals surface area contributed by atoms with Crippen LogP contribution in [-0.2, 0) is 63.9 Å². The maximum absolute atomic E-state index is 14.2. The fourth-order valence-corrected chi connectivity index (χ4v) is 7.97. The quantitative estimate of drug-likeness (QED) is 0.0132. The number of ether oxygens (including phenoxy) is 4. The van der Waals surface area contributed by atoms with E-state index >= 15 is 0 Å². The first kappa shape index (κ1) is 75.1. The van der Waals surface area contributed by atoms with Crippen molar-refractivity contribution >= 4 is 106 Å². The second kappa shape index (κ2) is 34.4. The van der Waals surface area contributed by atoms with Crippen molar-refractivity contribution in [1.29, 1.82) is 0 Å². The summed E-state index contributed by atoms with van der Waals surface area (Å²) in [5, 5.41) is 15.4. The van der Waals surface area contributed by atoms with Crippen molar-refractivity contribution in [1.82, 2.24) is 42.5 Å². The van der Waals surface area contributed by atoms with E-state index in [4.69, 9.17) is 60.6 Å². The zero-order valence-corrected chi connectivity index (χ0v) is 49.4. The first-order valence-electron chi connectivity index (χ1n) is 26.2. The minimum atomic E-state index is -5.43. The van der Waals surface area contributed by atoms with Crippen LogP contribution in [0.1, 0.15) is 124 Å². The highest BCUT2D eigenvalue weighted by Gasteiger charge is 2.43. The standard InChI is InChI=1S/C50H67Cl4F9N8O14/c1-26(37(73)68-33(21-48(55,56)57)40(76)66-27(2)43(79)83-25-47(52,53)54)65-38(74)31(17-11-12-20-64-44(80)82-24-28-13-9-10-16-30(28)51)67-41(77)34(22-49(58,59)60)70-42(78)35(23-50(61,62)63)69-39(75)32(71-45(81)85-46(3,4)5)18-19-36(72)84-29-14-7-6-8-15-29/h9-10,13,16,26-27,29,31-35H,6-8,11-12,14-15,17-25H2,1-5H3,(H,64,80)(H,65,74)(H,66,76)(H,67,77)(H,68,73)(H,69,75)(H,70,78)(H,71,81)/t26-,27-,31-,32-,33-,34-,35-/m0/s1. The molecule has 0 saturated heterocycles. The van der Waals surface area contributed by atoms with Crippen LogP contribution in [-0.4, -0.2) is 149 Å². The van der Waals surface area contributed by atoms with Gasteiger partial charge in [0.1, 0.15) is 67.2 Å². The number of halogens is 13. The van der Waals surface area contributed by atoms with Crippen molar-refractivity contribution in [3.8, 4) is 0 Å². The van der Waals surface area contributed by atoms with E-state index in [0.717, 1.165) is 33.1 Å². The molecule has 1 aliphatic rings. The molecule has 0 bridgehead atoms. The Morgan fingerprint density at radius 1 is 0.565 bits per heavy atom. The predicted molar refractivity (Wildman–Crippen MR) is 285 cm³/mol. The molecule has 0 heterocycles. The molecule has 8 amide bonds. The molecule has 0 aromatic heterocycles. The van der Waals surface area contributed by atoms with Crippen molar-refractivity contribution in [3.63, 3.8) is 0 Å². The third kappa shape index (κ3) is 32.9. The van der Waals surface area contributed by atoms with Crippen LogP contribution < -0.4 is 42.5 Å². The molecular formula is C50H67Cl4F9N8O14. The van der Waals surface area contributed by atoms with Gasteiger partial charge < -0.3 is 61.5 Å². The number of benzene rings is 1. The maximum Gasteiger partial charge on any atom is 0.408 e. The molecule has 0 radical (unpaired) electrons. The third-order valence-electron chi connectivity index (χ3n) is 11.7. The molecule has 0 spiro atoms. The first-order chi connectivity index (χ1) is 39.1. The molecule has 482 valence electrons. The molecule has 1 aromatic carbocycles. The van der Waals surface area contributed by atoms with Gasteiger partial charge >= 0.3 is 42.7 Å². The van der Waals surface area contributed by atoms with Crippen molar-refractivity contribution < 1.29 is 106 Å². The van der Waals surface area contributed by atoms with Gasteiger partial charge in [0.25, 0.3) is 0 Å². The number of alkyl halides is 12. The number of amides is 8. The molecule has 7 atom stereocenters. The average Bonchev–Trinajstić information content (AvgIpc) is 3.47. The van der Waals surface area contributed by atoms with Gasteiger partial charge in [-0.1, -0.05) is 71.0 Å². The highest BCUT2D eigenvalue weighted by Crippen LogP contribution is 2.28. The van der Waals surface area contributed by atoms with E-state index in [2.05, 4.69) is 15.4 Å². The normalized spacial score (nSPS) is 15.8. The van der Waals surface area contributed by atoms with Crippen LogP contribution in [0.2, 0.25) is 5.02 Å². The highest BCUT2D eigenvalue weighted by atomic mass is 35.6. The lowest BCUT2D eigenvalue weighted by atomic mass is 9.98. The number of carbonyl (C=O) groups is 10. The number of unbranched alkanes of at least 4 members (excludes halogenated alkanes) is 1. The van der Waals surface area contributed by atoms with E-state index in [9.17, 15) is 87.5 Å². The SMILES string of the molecule is C[C@H](NC(=O)[C@H](CCCCNC(=O)OCc1ccccc1Cl)NC(=O)[C@H](CC(F)(F)F)NC(=O)[C@H](CC(F)(F)F)NC(=O)[C@H](CCC(=O)OC1CCCCC1)NC(=O)OC(C)(C)C)C(=O)N[C@@H](CC(F)(F)F)C(=O)N[C@@H](C)C(=O)OCC(Cl)(Cl)Cl. The van der Waals surface area contributed by atoms with Gasteiger partial charge in [-0.05, 0) is 92.1 Å². The molecule has 85 heavy (non-hydrogen) atoms. The number of hydrogen-bond acceptors (Lipinski definition) is 14. The second-order valence-electron chi connectivity index (χ2n) is 20.5. The van der Waals surface area contributed by atoms with Crippen molar-refractivity contribution in [3.05, 3.63) is 34.9 Å². The Bertz CT molecular complexity index is 2450. The number of alkyl carbamates (subject to hydrolysis) is 2. The zero-order valence-electron chi connectivity index (χ0n) is 46.4. The molecule has 2 rings (SSSR count). The number of rotatable bonds is 29. The van der Waals surface area contributed by atoms with Crippen molar-refractivity contribution in [2.24, 2.45) is 0 Å². The zero-order chi connectivity index (χ0) is 64.7. The molecular weight excluding hydrogens is 1250 g/mol. The molecule has 1 aromatic rings.